The van der Waals surface area contributed by atoms with Crippen LogP contribution in [0, 0.1) is 0 Å². The minimum atomic E-state index is -0.0611. The van der Waals surface area contributed by atoms with E-state index in [2.05, 4.69) is 21.3 Å². The molecule has 4 rings (SSSR count). The molecule has 3 aromatic rings. The molecule has 0 unspecified atom stereocenters. The van der Waals surface area contributed by atoms with Gasteiger partial charge >= 0.3 is 0 Å². The second-order valence-electron chi connectivity index (χ2n) is 8.17. The van der Waals surface area contributed by atoms with E-state index in [1.54, 1.807) is 22.2 Å². The number of thiophene rings is 1. The fourth-order valence-corrected chi connectivity index (χ4v) is 5.29. The van der Waals surface area contributed by atoms with Crippen molar-refractivity contribution in [2.45, 2.75) is 51.7 Å². The van der Waals surface area contributed by atoms with Crippen LogP contribution < -0.4 is 10.9 Å². The maximum atomic E-state index is 13.0. The van der Waals surface area contributed by atoms with Gasteiger partial charge in [0.15, 0.2) is 0 Å². The highest BCUT2D eigenvalue weighted by atomic mass is 32.1. The summed E-state index contributed by atoms with van der Waals surface area (Å²) >= 11 is 1.65. The number of carbonyl (C=O) groups excluding carboxylic acids is 1. The smallest absolute Gasteiger partial charge is 0.262 e. The summed E-state index contributed by atoms with van der Waals surface area (Å²) in [5, 5.41) is 3.77. The predicted octanol–water partition coefficient (Wildman–Crippen LogP) is 3.10. The second-order valence-corrected chi connectivity index (χ2v) is 9.25. The lowest BCUT2D eigenvalue weighted by molar-refractivity contribution is -0.121. The van der Waals surface area contributed by atoms with E-state index in [0.29, 0.717) is 13.1 Å². The molecule has 0 bridgehead atoms. The Labute approximate surface area is 180 Å². The Morgan fingerprint density at radius 2 is 1.97 bits per heavy atom. The maximum absolute atomic E-state index is 13.0. The summed E-state index contributed by atoms with van der Waals surface area (Å²) in [6.45, 7) is 1.67. The van der Waals surface area contributed by atoms with Crippen LogP contribution in [-0.2, 0) is 37.3 Å². The topological polar surface area (TPSA) is 67.2 Å². The van der Waals surface area contributed by atoms with Crippen LogP contribution in [0.2, 0.25) is 0 Å². The van der Waals surface area contributed by atoms with Crippen LogP contribution in [0.25, 0.3) is 10.2 Å². The first-order valence-electron chi connectivity index (χ1n) is 10.5. The minimum absolute atomic E-state index is 0.0106. The van der Waals surface area contributed by atoms with Crippen molar-refractivity contribution < 1.29 is 4.79 Å². The van der Waals surface area contributed by atoms with Gasteiger partial charge in [-0.3, -0.25) is 14.2 Å². The summed E-state index contributed by atoms with van der Waals surface area (Å²) < 4.78 is 1.59. The average Bonchev–Trinajstić information content (AvgIpc) is 3.11. The number of rotatable bonds is 7. The number of hydrogen-bond acceptors (Lipinski definition) is 5. The van der Waals surface area contributed by atoms with E-state index in [9.17, 15) is 9.59 Å². The molecule has 1 aliphatic rings. The fraction of sp³-hybridized carbons (Fsp3) is 0.435. The Bertz CT molecular complexity index is 1120. The largest absolute Gasteiger partial charge is 0.352 e. The van der Waals surface area contributed by atoms with E-state index in [1.165, 1.54) is 22.4 Å². The Morgan fingerprint density at radius 1 is 1.20 bits per heavy atom. The highest BCUT2D eigenvalue weighted by Gasteiger charge is 2.20. The van der Waals surface area contributed by atoms with Gasteiger partial charge in [-0.15, -0.1) is 11.3 Å². The third-order valence-electron chi connectivity index (χ3n) is 5.60. The lowest BCUT2D eigenvalue weighted by Crippen LogP contribution is -2.28. The average molecular weight is 425 g/mol. The van der Waals surface area contributed by atoms with Crippen LogP contribution in [0.3, 0.4) is 0 Å². The zero-order chi connectivity index (χ0) is 21.1. The molecular formula is C23H28N4O2S. The molecular weight excluding hydrogens is 396 g/mol. The minimum Gasteiger partial charge on any atom is -0.352 e. The summed E-state index contributed by atoms with van der Waals surface area (Å²) in [4.78, 5) is 34.2. The summed E-state index contributed by atoms with van der Waals surface area (Å²) in [6, 6.07) is 8.14. The molecule has 2 aromatic heterocycles. The zero-order valence-corrected chi connectivity index (χ0v) is 18.4. The van der Waals surface area contributed by atoms with Crippen LogP contribution in [0.15, 0.2) is 35.4 Å². The molecule has 1 aromatic carbocycles. The van der Waals surface area contributed by atoms with E-state index in [0.717, 1.165) is 41.6 Å². The number of fused-ring (bicyclic) bond motifs is 3. The Kier molecular flexibility index (Phi) is 6.29. The molecule has 1 amide bonds. The van der Waals surface area contributed by atoms with E-state index in [4.69, 9.17) is 0 Å². The number of nitrogens with one attached hydrogen (secondary N) is 1. The summed E-state index contributed by atoms with van der Waals surface area (Å²) in [7, 11) is 4.06. The quantitative estimate of drug-likeness (QED) is 0.633. The van der Waals surface area contributed by atoms with Crippen molar-refractivity contribution in [2.75, 3.05) is 14.1 Å². The number of hydrogen-bond donors (Lipinski definition) is 1. The van der Waals surface area contributed by atoms with Crippen LogP contribution in [-0.4, -0.2) is 34.5 Å². The molecule has 0 spiro atoms. The number of carbonyl (C=O) groups is 1. The van der Waals surface area contributed by atoms with Crippen LogP contribution >= 0.6 is 11.3 Å². The zero-order valence-electron chi connectivity index (χ0n) is 17.6. The van der Waals surface area contributed by atoms with Gasteiger partial charge < -0.3 is 10.2 Å². The van der Waals surface area contributed by atoms with Gasteiger partial charge in [-0.2, -0.15) is 0 Å². The van der Waals surface area contributed by atoms with Gasteiger partial charge in [-0.1, -0.05) is 24.3 Å². The number of aromatic nitrogens is 2. The Balaban J connectivity index is 1.40. The predicted molar refractivity (Wildman–Crippen MR) is 121 cm³/mol. The van der Waals surface area contributed by atoms with Crippen molar-refractivity contribution in [3.8, 4) is 0 Å². The summed E-state index contributed by atoms with van der Waals surface area (Å²) in [6.07, 6.45) is 6.18. The lowest BCUT2D eigenvalue weighted by Gasteiger charge is -2.14. The molecule has 1 N–H and O–H groups in total. The van der Waals surface area contributed by atoms with Crippen molar-refractivity contribution in [3.05, 3.63) is 62.5 Å². The van der Waals surface area contributed by atoms with Gasteiger partial charge in [0.25, 0.3) is 5.56 Å². The van der Waals surface area contributed by atoms with Gasteiger partial charge in [0.05, 0.1) is 11.7 Å². The van der Waals surface area contributed by atoms with Crippen LogP contribution in [0.5, 0.6) is 0 Å². The first kappa shape index (κ1) is 20.8. The highest BCUT2D eigenvalue weighted by molar-refractivity contribution is 7.18. The molecule has 0 aliphatic heterocycles. The van der Waals surface area contributed by atoms with E-state index >= 15 is 0 Å². The first-order chi connectivity index (χ1) is 14.5. The Morgan fingerprint density at radius 3 is 2.77 bits per heavy atom. The molecule has 7 heteroatoms. The molecule has 0 fully saturated rings. The third-order valence-corrected chi connectivity index (χ3v) is 6.80. The summed E-state index contributed by atoms with van der Waals surface area (Å²) in [5.74, 6) is -0.0611. The Hall–Kier alpha value is -2.51. The van der Waals surface area contributed by atoms with E-state index in [-0.39, 0.29) is 17.9 Å². The SMILES string of the molecule is CN(C)Cc1ccccc1CNC(=O)CCn1cnc2sc3c(c2c1=O)CCCC3. The molecule has 2 heterocycles. The number of aryl methyl sites for hydroxylation is 3. The van der Waals surface area contributed by atoms with Crippen molar-refractivity contribution in [2.24, 2.45) is 0 Å². The molecule has 6 nitrogen and oxygen atoms in total. The number of benzene rings is 1. The number of amides is 1. The molecule has 0 saturated heterocycles. The van der Waals surface area contributed by atoms with Crippen LogP contribution in [0.4, 0.5) is 0 Å². The van der Waals surface area contributed by atoms with Crippen molar-refractivity contribution in [1.29, 1.82) is 0 Å². The van der Waals surface area contributed by atoms with E-state index in [1.807, 2.05) is 32.3 Å². The monoisotopic (exact) mass is 424 g/mol. The van der Waals surface area contributed by atoms with Gasteiger partial charge in [0, 0.05) is 30.9 Å². The lowest BCUT2D eigenvalue weighted by atomic mass is 9.97. The van der Waals surface area contributed by atoms with Gasteiger partial charge in [0.1, 0.15) is 4.83 Å². The molecule has 0 radical (unpaired) electrons. The van der Waals surface area contributed by atoms with Crippen LogP contribution in [0.1, 0.15) is 40.8 Å². The van der Waals surface area contributed by atoms with Gasteiger partial charge in [-0.05, 0) is 56.5 Å². The van der Waals surface area contributed by atoms with Crippen molar-refractivity contribution in [3.63, 3.8) is 0 Å². The number of nitrogens with zero attached hydrogens (tertiary/aromatic N) is 3. The van der Waals surface area contributed by atoms with Crippen molar-refractivity contribution in [1.82, 2.24) is 19.8 Å². The van der Waals surface area contributed by atoms with Crippen molar-refractivity contribution >= 4 is 27.5 Å². The highest BCUT2D eigenvalue weighted by Crippen LogP contribution is 2.33. The standard InChI is InChI=1S/C23H28N4O2S/c1-26(2)14-17-8-4-3-7-16(17)13-24-20(28)11-12-27-15-25-22-21(23(27)29)18-9-5-6-10-19(18)30-22/h3-4,7-8,15H,5-6,9-14H2,1-2H3,(H,24,28). The molecule has 0 saturated carbocycles. The second kappa shape index (κ2) is 9.10. The maximum Gasteiger partial charge on any atom is 0.262 e. The first-order valence-corrected chi connectivity index (χ1v) is 11.3. The third kappa shape index (κ3) is 4.47. The molecule has 1 aliphatic carbocycles. The summed E-state index contributed by atoms with van der Waals surface area (Å²) in [5.41, 5.74) is 3.50. The molecule has 0 atom stereocenters. The fourth-order valence-electron chi connectivity index (χ4n) is 4.07. The molecule has 30 heavy (non-hydrogen) atoms. The van der Waals surface area contributed by atoms with Gasteiger partial charge in [-0.25, -0.2) is 4.98 Å². The normalized spacial score (nSPS) is 13.6. The van der Waals surface area contributed by atoms with E-state index < -0.39 is 0 Å². The molecule has 158 valence electrons. The van der Waals surface area contributed by atoms with Gasteiger partial charge in [0.2, 0.25) is 5.91 Å².